The maximum absolute atomic E-state index is 11.3. The van der Waals surface area contributed by atoms with E-state index in [0.29, 0.717) is 0 Å². The first-order chi connectivity index (χ1) is 16.3. The molecule has 1 aromatic carbocycles. The highest BCUT2D eigenvalue weighted by molar-refractivity contribution is 7.88. The van der Waals surface area contributed by atoms with Crippen molar-refractivity contribution in [2.45, 2.75) is 4.90 Å². The SMILES string of the molecule is CS(=O)(=O)NCCNc1nc(Nc2cccc(S(=O)(=O)O)c2)nc(Nc2ncn[nH]2)n1.O=S(=O)=O. The molecule has 0 unspecified atom stereocenters. The van der Waals surface area contributed by atoms with E-state index in [1.54, 1.807) is 6.07 Å². The molecule has 0 bridgehead atoms. The van der Waals surface area contributed by atoms with Crippen molar-refractivity contribution in [3.05, 3.63) is 30.6 Å². The summed E-state index contributed by atoms with van der Waals surface area (Å²) in [5, 5.41) is 14.7. The predicted molar refractivity (Wildman–Crippen MR) is 120 cm³/mol. The lowest BCUT2D eigenvalue weighted by Crippen LogP contribution is -2.28. The molecule has 21 heteroatoms. The first-order valence-corrected chi connectivity index (χ1v) is 13.3. The third kappa shape index (κ3) is 10.8. The smallest absolute Gasteiger partial charge is 0.353 e. The zero-order chi connectivity index (χ0) is 26.1. The first-order valence-electron chi connectivity index (χ1n) is 9.00. The van der Waals surface area contributed by atoms with Gasteiger partial charge >= 0.3 is 10.6 Å². The van der Waals surface area contributed by atoms with Gasteiger partial charge in [0.15, 0.2) is 0 Å². The highest BCUT2D eigenvalue weighted by Crippen LogP contribution is 2.20. The van der Waals surface area contributed by atoms with E-state index in [0.717, 1.165) is 6.26 Å². The van der Waals surface area contributed by atoms with Crippen molar-refractivity contribution in [1.82, 2.24) is 34.9 Å². The van der Waals surface area contributed by atoms with Crippen molar-refractivity contribution in [1.29, 1.82) is 0 Å². The van der Waals surface area contributed by atoms with Gasteiger partial charge in [0.05, 0.1) is 11.2 Å². The largest absolute Gasteiger partial charge is 0.425 e. The van der Waals surface area contributed by atoms with Gasteiger partial charge in [-0.25, -0.2) is 18.2 Å². The van der Waals surface area contributed by atoms with Gasteiger partial charge in [0.1, 0.15) is 6.33 Å². The molecule has 18 nitrogen and oxygen atoms in total. The minimum atomic E-state index is -4.39. The van der Waals surface area contributed by atoms with Crippen LogP contribution in [-0.2, 0) is 30.8 Å². The Hall–Kier alpha value is -3.79. The van der Waals surface area contributed by atoms with Gasteiger partial charge in [-0.3, -0.25) is 9.87 Å². The molecule has 0 saturated heterocycles. The molecule has 3 rings (SSSR count). The predicted octanol–water partition coefficient (Wildman–Crippen LogP) is -1.32. The van der Waals surface area contributed by atoms with Crippen molar-refractivity contribution < 1.29 is 34.0 Å². The fourth-order valence-corrected chi connectivity index (χ4v) is 3.21. The molecule has 0 aliphatic carbocycles. The molecule has 2 aromatic heterocycles. The van der Waals surface area contributed by atoms with Crippen LogP contribution in [0.15, 0.2) is 35.5 Å². The zero-order valence-electron chi connectivity index (χ0n) is 17.6. The molecule has 6 N–H and O–H groups in total. The number of aromatic nitrogens is 6. The number of nitrogens with zero attached hydrogens (tertiary/aromatic N) is 5. The summed E-state index contributed by atoms with van der Waals surface area (Å²) < 4.78 is 81.9. The zero-order valence-corrected chi connectivity index (χ0v) is 20.0. The van der Waals surface area contributed by atoms with Crippen LogP contribution in [0.2, 0.25) is 0 Å². The van der Waals surface area contributed by atoms with E-state index in [1.165, 1.54) is 24.5 Å². The highest BCUT2D eigenvalue weighted by atomic mass is 32.2. The molecular weight excluding hydrogens is 532 g/mol. The topological polar surface area (TPSA) is 268 Å². The molecule has 0 radical (unpaired) electrons. The lowest BCUT2D eigenvalue weighted by atomic mass is 10.3. The third-order valence-corrected chi connectivity index (χ3v) is 5.02. The third-order valence-electron chi connectivity index (χ3n) is 3.44. The second-order valence-corrected chi connectivity index (χ2v) is 9.85. The Balaban J connectivity index is 0.00000100. The van der Waals surface area contributed by atoms with E-state index in [2.05, 4.69) is 50.8 Å². The Bertz CT molecular complexity index is 1460. The average Bonchev–Trinajstić information content (AvgIpc) is 3.23. The second kappa shape index (κ2) is 12.1. The molecule has 35 heavy (non-hydrogen) atoms. The number of sulfonamides is 1. The molecule has 0 amide bonds. The summed E-state index contributed by atoms with van der Waals surface area (Å²) in [6.45, 7) is 0.269. The first kappa shape index (κ1) is 27.5. The normalized spacial score (nSPS) is 11.1. The van der Waals surface area contributed by atoms with Gasteiger partial charge in [-0.05, 0) is 18.2 Å². The van der Waals surface area contributed by atoms with Gasteiger partial charge in [0.2, 0.25) is 33.8 Å². The summed E-state index contributed by atoms with van der Waals surface area (Å²) in [6.07, 6.45) is 2.32. The molecular formula is C14H18N10O8S3. The van der Waals surface area contributed by atoms with Crippen LogP contribution in [0.3, 0.4) is 0 Å². The van der Waals surface area contributed by atoms with E-state index < -0.39 is 30.8 Å². The van der Waals surface area contributed by atoms with E-state index in [4.69, 9.17) is 12.6 Å². The van der Waals surface area contributed by atoms with E-state index in [1.807, 2.05) is 0 Å². The van der Waals surface area contributed by atoms with Gasteiger partial charge in [0.25, 0.3) is 10.1 Å². The molecule has 0 aliphatic heterocycles. The Kier molecular flexibility index (Phi) is 9.47. The summed E-state index contributed by atoms with van der Waals surface area (Å²) in [6, 6.07) is 5.40. The van der Waals surface area contributed by atoms with Crippen LogP contribution in [0.4, 0.5) is 29.5 Å². The van der Waals surface area contributed by atoms with Crippen LogP contribution in [-0.4, -0.2) is 83.5 Å². The Morgan fingerprint density at radius 1 is 0.971 bits per heavy atom. The van der Waals surface area contributed by atoms with Gasteiger partial charge < -0.3 is 10.6 Å². The minimum Gasteiger partial charge on any atom is -0.353 e. The average molecular weight is 551 g/mol. The number of anilines is 5. The number of nitrogens with one attached hydrogen (secondary N) is 5. The molecule has 0 spiro atoms. The summed E-state index contributed by atoms with van der Waals surface area (Å²) >= 11 is 0. The van der Waals surface area contributed by atoms with Crippen molar-refractivity contribution in [3.63, 3.8) is 0 Å². The molecule has 0 fully saturated rings. The molecule has 190 valence electrons. The monoisotopic (exact) mass is 550 g/mol. The van der Waals surface area contributed by atoms with Crippen LogP contribution >= 0.6 is 0 Å². The summed E-state index contributed by atoms with van der Waals surface area (Å²) in [5.41, 5.74) is 0.289. The maximum atomic E-state index is 11.3. The van der Waals surface area contributed by atoms with Crippen LogP contribution in [0.1, 0.15) is 0 Å². The fourth-order valence-electron chi connectivity index (χ4n) is 2.21. The van der Waals surface area contributed by atoms with Crippen LogP contribution in [0.25, 0.3) is 0 Å². The van der Waals surface area contributed by atoms with E-state index in [-0.39, 0.29) is 47.5 Å². The van der Waals surface area contributed by atoms with Gasteiger partial charge in [0, 0.05) is 18.8 Å². The molecule has 0 atom stereocenters. The highest BCUT2D eigenvalue weighted by Gasteiger charge is 2.12. The molecule has 0 saturated carbocycles. The molecule has 2 heterocycles. The number of rotatable bonds is 10. The molecule has 3 aromatic rings. The molecule has 0 aliphatic rings. The van der Waals surface area contributed by atoms with Crippen LogP contribution < -0.4 is 20.7 Å². The van der Waals surface area contributed by atoms with E-state index in [9.17, 15) is 21.4 Å². The number of hydrogen-bond donors (Lipinski definition) is 6. The summed E-state index contributed by atoms with van der Waals surface area (Å²) in [5.74, 6) is 0.456. The van der Waals surface area contributed by atoms with Crippen molar-refractivity contribution >= 4 is 60.2 Å². The van der Waals surface area contributed by atoms with Gasteiger partial charge in [-0.1, -0.05) is 6.07 Å². The summed E-state index contributed by atoms with van der Waals surface area (Å²) in [7, 11) is -10.8. The second-order valence-electron chi connectivity index (χ2n) is 6.19. The quantitative estimate of drug-likeness (QED) is 0.126. The Morgan fingerprint density at radius 3 is 2.17 bits per heavy atom. The lowest BCUT2D eigenvalue weighted by molar-refractivity contribution is 0.483. The number of aromatic amines is 1. The Labute approximate surface area is 199 Å². The van der Waals surface area contributed by atoms with Gasteiger partial charge in [-0.2, -0.15) is 33.5 Å². The maximum Gasteiger partial charge on any atom is 0.425 e. The van der Waals surface area contributed by atoms with Crippen LogP contribution in [0, 0.1) is 0 Å². The Morgan fingerprint density at radius 2 is 1.60 bits per heavy atom. The minimum absolute atomic E-state index is 0.0306. The number of benzene rings is 1. The number of H-pyrrole nitrogens is 1. The van der Waals surface area contributed by atoms with Crippen molar-refractivity contribution in [2.24, 2.45) is 0 Å². The summed E-state index contributed by atoms with van der Waals surface area (Å²) in [4.78, 5) is 16.1. The van der Waals surface area contributed by atoms with E-state index >= 15 is 0 Å². The van der Waals surface area contributed by atoms with Crippen molar-refractivity contribution in [2.75, 3.05) is 35.3 Å². The fraction of sp³-hybridized carbons (Fsp3) is 0.214. The van der Waals surface area contributed by atoms with Gasteiger partial charge in [-0.15, -0.1) is 12.6 Å². The lowest BCUT2D eigenvalue weighted by Gasteiger charge is -2.11. The van der Waals surface area contributed by atoms with Crippen LogP contribution in [0.5, 0.6) is 0 Å². The number of hydrogen-bond acceptors (Lipinski definition) is 15. The standard InChI is InChI=1S/C14H18N10O5S2.O3S/c1-30(25,26)18-6-5-15-11-20-13(23-14(21-11)22-12-16-8-17-24-12)19-9-3-2-4-10(7-9)31(27,28)29;1-4(2)3/h2-4,7-8,18H,5-6H2,1H3,(H,27,28,29)(H4,15,16,17,19,20,21,22,23,24);. The van der Waals surface area contributed by atoms with Crippen molar-refractivity contribution in [3.8, 4) is 0 Å².